The summed E-state index contributed by atoms with van der Waals surface area (Å²) in [6, 6.07) is 56.9. The number of furan rings is 1. The Labute approximate surface area is 280 Å². The third kappa shape index (κ3) is 4.47. The van der Waals surface area contributed by atoms with Gasteiger partial charge in [0.1, 0.15) is 11.3 Å². The molecule has 0 spiro atoms. The highest BCUT2D eigenvalue weighted by atomic mass is 16.3. The number of fused-ring (bicyclic) bond motifs is 4. The Kier molecular flexibility index (Phi) is 6.59. The molecule has 8 aromatic carbocycles. The normalized spacial score (nSPS) is 11.5. The molecular formula is C47H32O. The molecule has 1 heteroatoms. The van der Waals surface area contributed by atoms with Gasteiger partial charge in [0, 0.05) is 16.5 Å². The monoisotopic (exact) mass is 612 g/mol. The molecular weight excluding hydrogens is 581 g/mol. The second kappa shape index (κ2) is 11.3. The van der Waals surface area contributed by atoms with Gasteiger partial charge in [-0.05, 0) is 102 Å². The summed E-state index contributed by atoms with van der Waals surface area (Å²) in [6.07, 6.45) is 1.93. The van der Waals surface area contributed by atoms with Crippen molar-refractivity contribution in [1.82, 2.24) is 0 Å². The molecule has 0 saturated heterocycles. The van der Waals surface area contributed by atoms with Gasteiger partial charge in [0.15, 0.2) is 0 Å². The SMILES string of the molecule is C=Cc1c(-c2ccccc2C)oc2ccc(-c3c4ccccc4c(-c4ccccc4)c4ccc(-c5ccc6ccccc6c5)cc34)cc12. The molecule has 0 unspecified atom stereocenters. The van der Waals surface area contributed by atoms with Gasteiger partial charge in [0.25, 0.3) is 0 Å². The average Bonchev–Trinajstić information content (AvgIpc) is 3.51. The molecule has 0 aliphatic heterocycles. The van der Waals surface area contributed by atoms with E-state index in [-0.39, 0.29) is 0 Å². The summed E-state index contributed by atoms with van der Waals surface area (Å²) in [7, 11) is 0. The van der Waals surface area contributed by atoms with Crippen molar-refractivity contribution < 1.29 is 4.42 Å². The summed E-state index contributed by atoms with van der Waals surface area (Å²) < 4.78 is 6.54. The zero-order valence-corrected chi connectivity index (χ0v) is 26.7. The highest BCUT2D eigenvalue weighted by Gasteiger charge is 2.20. The van der Waals surface area contributed by atoms with E-state index < -0.39 is 0 Å². The van der Waals surface area contributed by atoms with Gasteiger partial charge < -0.3 is 4.42 Å². The zero-order chi connectivity index (χ0) is 32.2. The molecule has 0 saturated carbocycles. The number of hydrogen-bond acceptors (Lipinski definition) is 1. The average molecular weight is 613 g/mol. The maximum Gasteiger partial charge on any atom is 0.142 e. The first-order valence-corrected chi connectivity index (χ1v) is 16.5. The first-order chi connectivity index (χ1) is 23.7. The number of benzene rings is 8. The van der Waals surface area contributed by atoms with E-state index in [9.17, 15) is 0 Å². The highest BCUT2D eigenvalue weighted by Crippen LogP contribution is 2.46. The maximum atomic E-state index is 6.54. The van der Waals surface area contributed by atoms with Gasteiger partial charge in [0.05, 0.1) is 0 Å². The van der Waals surface area contributed by atoms with Crippen LogP contribution >= 0.6 is 0 Å². The van der Waals surface area contributed by atoms with E-state index in [1.807, 2.05) is 6.08 Å². The lowest BCUT2D eigenvalue weighted by molar-refractivity contribution is 0.630. The minimum atomic E-state index is 0.860. The summed E-state index contributed by atoms with van der Waals surface area (Å²) in [4.78, 5) is 0. The molecule has 0 radical (unpaired) electrons. The summed E-state index contributed by atoms with van der Waals surface area (Å²) in [6.45, 7) is 6.35. The minimum Gasteiger partial charge on any atom is -0.455 e. The second-order valence-electron chi connectivity index (χ2n) is 12.6. The van der Waals surface area contributed by atoms with E-state index in [0.29, 0.717) is 0 Å². The Hall–Kier alpha value is -6.18. The number of aryl methyl sites for hydroxylation is 1. The molecule has 1 aromatic heterocycles. The molecule has 0 aliphatic carbocycles. The fourth-order valence-electron chi connectivity index (χ4n) is 7.46. The fourth-order valence-corrected chi connectivity index (χ4v) is 7.46. The summed E-state index contributed by atoms with van der Waals surface area (Å²) in [5, 5.41) is 8.47. The molecule has 0 amide bonds. The third-order valence-electron chi connectivity index (χ3n) is 9.78. The summed E-state index contributed by atoms with van der Waals surface area (Å²) in [5.74, 6) is 0.864. The Balaban J connectivity index is 1.36. The molecule has 9 aromatic rings. The Morgan fingerprint density at radius 3 is 1.85 bits per heavy atom. The lowest BCUT2D eigenvalue weighted by Crippen LogP contribution is -1.92. The van der Waals surface area contributed by atoms with Crippen molar-refractivity contribution in [3.63, 3.8) is 0 Å². The molecule has 226 valence electrons. The van der Waals surface area contributed by atoms with E-state index >= 15 is 0 Å². The van der Waals surface area contributed by atoms with Crippen molar-refractivity contribution in [1.29, 1.82) is 0 Å². The highest BCUT2D eigenvalue weighted by molar-refractivity contribution is 6.22. The van der Waals surface area contributed by atoms with Crippen molar-refractivity contribution >= 4 is 49.4 Å². The molecule has 0 N–H and O–H groups in total. The first kappa shape index (κ1) is 28.1. The summed E-state index contributed by atoms with van der Waals surface area (Å²) >= 11 is 0. The lowest BCUT2D eigenvalue weighted by Gasteiger charge is -2.19. The molecule has 9 rings (SSSR count). The zero-order valence-electron chi connectivity index (χ0n) is 26.7. The molecule has 48 heavy (non-hydrogen) atoms. The van der Waals surface area contributed by atoms with Crippen LogP contribution in [0.4, 0.5) is 0 Å². The predicted molar refractivity (Wildman–Crippen MR) is 205 cm³/mol. The predicted octanol–water partition coefficient (Wildman–Crippen LogP) is 13.5. The summed E-state index contributed by atoms with van der Waals surface area (Å²) in [5.41, 5.74) is 11.4. The number of rotatable bonds is 5. The minimum absolute atomic E-state index is 0.860. The Bertz CT molecular complexity index is 2690. The smallest absolute Gasteiger partial charge is 0.142 e. The quantitative estimate of drug-likeness (QED) is 0.176. The van der Waals surface area contributed by atoms with Crippen LogP contribution in [0.25, 0.3) is 94.1 Å². The molecule has 0 fully saturated rings. The van der Waals surface area contributed by atoms with Crippen LogP contribution < -0.4 is 0 Å². The lowest BCUT2D eigenvalue weighted by atomic mass is 9.84. The number of hydrogen-bond donors (Lipinski definition) is 0. The first-order valence-electron chi connectivity index (χ1n) is 16.5. The van der Waals surface area contributed by atoms with E-state index in [1.54, 1.807) is 0 Å². The van der Waals surface area contributed by atoms with E-state index in [0.717, 1.165) is 33.4 Å². The maximum absolute atomic E-state index is 6.54. The molecule has 1 nitrogen and oxygen atoms in total. The topological polar surface area (TPSA) is 13.1 Å². The van der Waals surface area contributed by atoms with E-state index in [2.05, 4.69) is 171 Å². The van der Waals surface area contributed by atoms with Gasteiger partial charge >= 0.3 is 0 Å². The Morgan fingerprint density at radius 1 is 0.458 bits per heavy atom. The van der Waals surface area contributed by atoms with Crippen molar-refractivity contribution in [3.05, 3.63) is 175 Å². The van der Waals surface area contributed by atoms with Gasteiger partial charge in [-0.2, -0.15) is 0 Å². The van der Waals surface area contributed by atoms with Crippen LogP contribution in [0.15, 0.2) is 169 Å². The van der Waals surface area contributed by atoms with Crippen LogP contribution in [0, 0.1) is 6.92 Å². The Morgan fingerprint density at radius 2 is 1.06 bits per heavy atom. The van der Waals surface area contributed by atoms with Crippen LogP contribution in [-0.2, 0) is 0 Å². The van der Waals surface area contributed by atoms with E-state index in [1.165, 1.54) is 65.7 Å². The fraction of sp³-hybridized carbons (Fsp3) is 0.0213. The van der Waals surface area contributed by atoms with Gasteiger partial charge in [-0.1, -0.05) is 146 Å². The van der Waals surface area contributed by atoms with Crippen LogP contribution in [-0.4, -0.2) is 0 Å². The van der Waals surface area contributed by atoms with Crippen molar-refractivity contribution in [2.24, 2.45) is 0 Å². The molecule has 1 heterocycles. The third-order valence-corrected chi connectivity index (χ3v) is 9.78. The van der Waals surface area contributed by atoms with Crippen molar-refractivity contribution in [3.8, 4) is 44.7 Å². The van der Waals surface area contributed by atoms with Gasteiger partial charge in [-0.25, -0.2) is 0 Å². The van der Waals surface area contributed by atoms with Gasteiger partial charge in [-0.15, -0.1) is 0 Å². The van der Waals surface area contributed by atoms with Crippen molar-refractivity contribution in [2.75, 3.05) is 0 Å². The van der Waals surface area contributed by atoms with Crippen LogP contribution in [0.2, 0.25) is 0 Å². The van der Waals surface area contributed by atoms with Gasteiger partial charge in [0.2, 0.25) is 0 Å². The molecule has 0 bridgehead atoms. The van der Waals surface area contributed by atoms with Crippen LogP contribution in [0.3, 0.4) is 0 Å². The van der Waals surface area contributed by atoms with Crippen LogP contribution in [0.5, 0.6) is 0 Å². The second-order valence-corrected chi connectivity index (χ2v) is 12.6. The van der Waals surface area contributed by atoms with Crippen LogP contribution in [0.1, 0.15) is 11.1 Å². The largest absolute Gasteiger partial charge is 0.455 e. The van der Waals surface area contributed by atoms with Crippen molar-refractivity contribution in [2.45, 2.75) is 6.92 Å². The molecule has 0 atom stereocenters. The van der Waals surface area contributed by atoms with E-state index in [4.69, 9.17) is 4.42 Å². The molecule has 0 aliphatic rings. The van der Waals surface area contributed by atoms with Gasteiger partial charge in [-0.3, -0.25) is 0 Å². The standard InChI is InChI=1S/C47H32O/c1-3-37-42-29-36(24-26-44(42)48-47(37)38-18-10-7-13-30(38)2)46-40-20-12-11-19-39(40)45(32-15-5-4-6-16-32)41-25-23-35(28-43(41)46)34-22-21-31-14-8-9-17-33(31)27-34/h3-29H,1H2,2H3.